The highest BCUT2D eigenvalue weighted by molar-refractivity contribution is 7.99. The summed E-state index contributed by atoms with van der Waals surface area (Å²) >= 11 is 1.48. The van der Waals surface area contributed by atoms with E-state index in [2.05, 4.69) is 12.2 Å². The molecule has 0 saturated carbocycles. The van der Waals surface area contributed by atoms with Crippen LogP contribution in [0.3, 0.4) is 0 Å². The molecular weight excluding hydrogens is 411 g/mol. The Kier molecular flexibility index (Phi) is 10.6. The molecule has 0 unspecified atom stereocenters. The molecule has 0 aliphatic rings. The third-order valence-corrected chi connectivity index (χ3v) is 6.05. The number of nitrogens with zero attached hydrogens (tertiary/aromatic N) is 1. The Morgan fingerprint density at radius 2 is 1.84 bits per heavy atom. The molecule has 2 rings (SSSR count). The van der Waals surface area contributed by atoms with Gasteiger partial charge in [0.1, 0.15) is 11.9 Å². The minimum absolute atomic E-state index is 0.0638. The van der Waals surface area contributed by atoms with Gasteiger partial charge in [0.15, 0.2) is 0 Å². The summed E-state index contributed by atoms with van der Waals surface area (Å²) in [7, 11) is 0. The van der Waals surface area contributed by atoms with Crippen LogP contribution >= 0.6 is 11.8 Å². The molecule has 1 N–H and O–H groups in total. The van der Waals surface area contributed by atoms with E-state index in [9.17, 15) is 14.0 Å². The Labute approximate surface area is 189 Å². The molecule has 0 fully saturated rings. The summed E-state index contributed by atoms with van der Waals surface area (Å²) in [6.07, 6.45) is 2.47. The minimum Gasteiger partial charge on any atom is -0.354 e. The highest BCUT2D eigenvalue weighted by atomic mass is 32.2. The fourth-order valence-electron chi connectivity index (χ4n) is 3.35. The van der Waals surface area contributed by atoms with Gasteiger partial charge < -0.3 is 10.2 Å². The lowest BCUT2D eigenvalue weighted by molar-refractivity contribution is -0.139. The van der Waals surface area contributed by atoms with Crippen LogP contribution < -0.4 is 5.32 Å². The largest absolute Gasteiger partial charge is 0.354 e. The van der Waals surface area contributed by atoms with Crippen LogP contribution in [-0.2, 0) is 21.9 Å². The lowest BCUT2D eigenvalue weighted by atomic mass is 10.1. The van der Waals surface area contributed by atoms with Crippen LogP contribution in [0.15, 0.2) is 48.5 Å². The molecular formula is C25H33FN2O2S. The number of halogens is 1. The van der Waals surface area contributed by atoms with Gasteiger partial charge in [-0.25, -0.2) is 4.39 Å². The first kappa shape index (κ1) is 24.9. The summed E-state index contributed by atoms with van der Waals surface area (Å²) < 4.78 is 13.1. The Balaban J connectivity index is 2.09. The number of hydrogen-bond acceptors (Lipinski definition) is 3. The number of thioether (sulfide) groups is 1. The maximum atomic E-state index is 13.2. The van der Waals surface area contributed by atoms with E-state index >= 15 is 0 Å². The van der Waals surface area contributed by atoms with E-state index in [0.717, 1.165) is 29.5 Å². The van der Waals surface area contributed by atoms with Gasteiger partial charge in [-0.3, -0.25) is 9.59 Å². The van der Waals surface area contributed by atoms with Gasteiger partial charge in [0.05, 0.1) is 5.75 Å². The van der Waals surface area contributed by atoms with E-state index < -0.39 is 6.04 Å². The van der Waals surface area contributed by atoms with Crippen molar-refractivity contribution in [3.05, 3.63) is 71.0 Å². The van der Waals surface area contributed by atoms with E-state index in [-0.39, 0.29) is 23.4 Å². The van der Waals surface area contributed by atoms with Crippen LogP contribution in [0.1, 0.15) is 49.8 Å². The van der Waals surface area contributed by atoms with Gasteiger partial charge in [0.25, 0.3) is 0 Å². The van der Waals surface area contributed by atoms with Crippen LogP contribution in [0.2, 0.25) is 0 Å². The number of aryl methyl sites for hydroxylation is 1. The number of unbranched alkanes of at least 4 members (excludes halogenated alkanes) is 1. The van der Waals surface area contributed by atoms with Crippen molar-refractivity contribution < 1.29 is 14.0 Å². The number of nitrogens with one attached hydrogen (secondary N) is 1. The van der Waals surface area contributed by atoms with Crippen molar-refractivity contribution in [1.82, 2.24) is 10.2 Å². The summed E-state index contributed by atoms with van der Waals surface area (Å²) in [5.74, 6) is 0.451. The first-order chi connectivity index (χ1) is 14.9. The normalized spacial score (nSPS) is 11.7. The summed E-state index contributed by atoms with van der Waals surface area (Å²) in [6.45, 7) is 7.06. The Morgan fingerprint density at radius 3 is 2.48 bits per heavy atom. The maximum absolute atomic E-state index is 13.2. The van der Waals surface area contributed by atoms with Crippen molar-refractivity contribution in [2.24, 2.45) is 0 Å². The van der Waals surface area contributed by atoms with E-state index in [0.29, 0.717) is 25.3 Å². The fourth-order valence-corrected chi connectivity index (χ4v) is 4.22. The molecule has 0 aromatic heterocycles. The van der Waals surface area contributed by atoms with E-state index in [1.165, 1.54) is 23.9 Å². The fraction of sp³-hybridized carbons (Fsp3) is 0.440. The van der Waals surface area contributed by atoms with Gasteiger partial charge in [-0.2, -0.15) is 0 Å². The van der Waals surface area contributed by atoms with Crippen LogP contribution in [0.25, 0.3) is 0 Å². The van der Waals surface area contributed by atoms with Crippen molar-refractivity contribution in [3.63, 3.8) is 0 Å². The number of rotatable bonds is 12. The minimum atomic E-state index is -0.503. The van der Waals surface area contributed by atoms with Crippen LogP contribution in [0.5, 0.6) is 0 Å². The number of carbonyl (C=O) groups is 2. The lowest BCUT2D eigenvalue weighted by Gasteiger charge is -2.30. The molecule has 0 saturated heterocycles. The van der Waals surface area contributed by atoms with Crippen LogP contribution in [0, 0.1) is 12.7 Å². The quantitative estimate of drug-likeness (QED) is 0.464. The molecule has 0 aliphatic carbocycles. The Bertz CT molecular complexity index is 842. The maximum Gasteiger partial charge on any atom is 0.242 e. The molecule has 31 heavy (non-hydrogen) atoms. The van der Waals surface area contributed by atoms with Gasteiger partial charge in [0, 0.05) is 18.8 Å². The molecule has 0 radical (unpaired) electrons. The summed E-state index contributed by atoms with van der Waals surface area (Å²) in [6, 6.07) is 13.8. The number of carbonyl (C=O) groups excluding carboxylic acids is 2. The lowest BCUT2D eigenvalue weighted by Crippen LogP contribution is -2.49. The number of amides is 2. The van der Waals surface area contributed by atoms with Crippen molar-refractivity contribution in [2.45, 2.75) is 58.4 Å². The zero-order valence-corrected chi connectivity index (χ0v) is 19.5. The van der Waals surface area contributed by atoms with Gasteiger partial charge in [-0.05, 0) is 43.0 Å². The van der Waals surface area contributed by atoms with E-state index in [1.807, 2.05) is 38.1 Å². The first-order valence-corrected chi connectivity index (χ1v) is 12.0. The van der Waals surface area contributed by atoms with Crippen molar-refractivity contribution in [3.8, 4) is 0 Å². The number of hydrogen-bond donors (Lipinski definition) is 1. The van der Waals surface area contributed by atoms with Gasteiger partial charge in [0.2, 0.25) is 11.8 Å². The molecule has 2 amide bonds. The Hall–Kier alpha value is -2.34. The summed E-state index contributed by atoms with van der Waals surface area (Å²) in [5.41, 5.74) is 3.10. The molecule has 2 aromatic carbocycles. The zero-order valence-electron chi connectivity index (χ0n) is 18.7. The SMILES string of the molecule is CCCCNC(=O)[C@@H](CC)N(Cc1cccc(C)c1)C(=O)CSCc1ccc(F)cc1. The zero-order chi connectivity index (χ0) is 22.6. The number of benzene rings is 2. The smallest absolute Gasteiger partial charge is 0.242 e. The predicted molar refractivity (Wildman–Crippen MR) is 126 cm³/mol. The molecule has 4 nitrogen and oxygen atoms in total. The Morgan fingerprint density at radius 1 is 1.10 bits per heavy atom. The predicted octanol–water partition coefficient (Wildman–Crippen LogP) is 5.09. The highest BCUT2D eigenvalue weighted by Crippen LogP contribution is 2.18. The molecule has 0 heterocycles. The second kappa shape index (κ2) is 13.2. The van der Waals surface area contributed by atoms with E-state index in [1.54, 1.807) is 17.0 Å². The van der Waals surface area contributed by atoms with Gasteiger partial charge in [-0.1, -0.05) is 62.2 Å². The molecule has 0 spiro atoms. The van der Waals surface area contributed by atoms with Crippen molar-refractivity contribution in [1.29, 1.82) is 0 Å². The molecule has 6 heteroatoms. The monoisotopic (exact) mass is 444 g/mol. The average molecular weight is 445 g/mol. The summed E-state index contributed by atoms with van der Waals surface area (Å²) in [4.78, 5) is 27.7. The average Bonchev–Trinajstić information content (AvgIpc) is 2.75. The van der Waals surface area contributed by atoms with Crippen LogP contribution in [0.4, 0.5) is 4.39 Å². The van der Waals surface area contributed by atoms with Gasteiger partial charge >= 0.3 is 0 Å². The first-order valence-electron chi connectivity index (χ1n) is 10.9. The standard InChI is InChI=1S/C25H33FN2O2S/c1-4-6-14-27-25(30)23(5-2)28(16-21-9-7-8-19(3)15-21)24(29)18-31-17-20-10-12-22(26)13-11-20/h7-13,15,23H,4-6,14,16-18H2,1-3H3,(H,27,30)/t23-/m1/s1. The summed E-state index contributed by atoms with van der Waals surface area (Å²) in [5, 5.41) is 2.98. The molecule has 1 atom stereocenters. The van der Waals surface area contributed by atoms with Crippen LogP contribution in [-0.4, -0.2) is 35.1 Å². The van der Waals surface area contributed by atoms with Crippen molar-refractivity contribution in [2.75, 3.05) is 12.3 Å². The molecule has 2 aromatic rings. The second-order valence-electron chi connectivity index (χ2n) is 7.70. The molecule has 168 valence electrons. The topological polar surface area (TPSA) is 49.4 Å². The van der Waals surface area contributed by atoms with E-state index in [4.69, 9.17) is 0 Å². The third kappa shape index (κ3) is 8.37. The van der Waals surface area contributed by atoms with Crippen molar-refractivity contribution >= 4 is 23.6 Å². The highest BCUT2D eigenvalue weighted by Gasteiger charge is 2.28. The molecule has 0 aliphatic heterocycles. The molecule has 0 bridgehead atoms. The second-order valence-corrected chi connectivity index (χ2v) is 8.68. The van der Waals surface area contributed by atoms with Gasteiger partial charge in [-0.15, -0.1) is 11.8 Å². The third-order valence-electron chi connectivity index (χ3n) is 5.06.